The summed E-state index contributed by atoms with van der Waals surface area (Å²) in [5.41, 5.74) is 0.593. The third kappa shape index (κ3) is 5.53. The molecule has 148 valence electrons. The van der Waals surface area contributed by atoms with Crippen LogP contribution in [0.3, 0.4) is 0 Å². The Morgan fingerprint density at radius 1 is 1.25 bits per heavy atom. The summed E-state index contributed by atoms with van der Waals surface area (Å²) >= 11 is 0. The van der Waals surface area contributed by atoms with E-state index in [9.17, 15) is 14.0 Å². The Bertz CT molecular complexity index is 818. The van der Waals surface area contributed by atoms with Crippen LogP contribution in [0, 0.1) is 5.82 Å². The van der Waals surface area contributed by atoms with Gasteiger partial charge in [-0.25, -0.2) is 9.18 Å². The van der Waals surface area contributed by atoms with Gasteiger partial charge in [-0.05, 0) is 62.2 Å². The second-order valence-corrected chi connectivity index (χ2v) is 6.52. The van der Waals surface area contributed by atoms with E-state index < -0.39 is 23.8 Å². The van der Waals surface area contributed by atoms with Crippen LogP contribution in [-0.2, 0) is 14.3 Å². The fourth-order valence-electron chi connectivity index (χ4n) is 2.74. The molecule has 1 aliphatic rings. The van der Waals surface area contributed by atoms with Gasteiger partial charge in [0.2, 0.25) is 0 Å². The first-order valence-corrected chi connectivity index (χ1v) is 9.13. The average molecular weight is 387 g/mol. The Hall–Kier alpha value is -2.93. The molecule has 0 aromatic heterocycles. The predicted octanol–water partition coefficient (Wildman–Crippen LogP) is 3.57. The highest BCUT2D eigenvalue weighted by Gasteiger charge is 2.20. The Labute approximate surface area is 162 Å². The molecule has 3 rings (SSSR count). The monoisotopic (exact) mass is 387 g/mol. The van der Waals surface area contributed by atoms with Crippen LogP contribution in [0.5, 0.6) is 5.75 Å². The number of hydrogen-bond acceptors (Lipinski definition) is 5. The number of rotatable bonds is 7. The zero-order valence-corrected chi connectivity index (χ0v) is 15.5. The molecule has 2 atom stereocenters. The van der Waals surface area contributed by atoms with Crippen molar-refractivity contribution in [2.45, 2.75) is 32.0 Å². The van der Waals surface area contributed by atoms with Gasteiger partial charge in [0.05, 0.1) is 11.7 Å². The van der Waals surface area contributed by atoms with E-state index in [-0.39, 0.29) is 6.10 Å². The molecule has 1 saturated heterocycles. The van der Waals surface area contributed by atoms with E-state index in [1.165, 1.54) is 25.1 Å². The number of anilines is 1. The van der Waals surface area contributed by atoms with Gasteiger partial charge in [0, 0.05) is 12.3 Å². The molecule has 6 nitrogen and oxygen atoms in total. The summed E-state index contributed by atoms with van der Waals surface area (Å²) in [6.07, 6.45) is 1.11. The number of carbonyl (C=O) groups is 2. The lowest BCUT2D eigenvalue weighted by Gasteiger charge is -2.14. The van der Waals surface area contributed by atoms with Gasteiger partial charge >= 0.3 is 5.97 Å². The van der Waals surface area contributed by atoms with Crippen molar-refractivity contribution < 1.29 is 28.2 Å². The minimum atomic E-state index is -1.04. The average Bonchev–Trinajstić information content (AvgIpc) is 3.20. The van der Waals surface area contributed by atoms with Crippen molar-refractivity contribution in [2.75, 3.05) is 18.5 Å². The number of nitrogens with one attached hydrogen (secondary N) is 1. The van der Waals surface area contributed by atoms with Crippen LogP contribution in [0.4, 0.5) is 10.1 Å². The van der Waals surface area contributed by atoms with Gasteiger partial charge in [-0.1, -0.05) is 6.07 Å². The lowest BCUT2D eigenvalue weighted by Crippen LogP contribution is -2.30. The topological polar surface area (TPSA) is 73.9 Å². The molecule has 0 aliphatic carbocycles. The molecule has 0 radical (unpaired) electrons. The minimum Gasteiger partial charge on any atom is -0.491 e. The van der Waals surface area contributed by atoms with Gasteiger partial charge in [-0.3, -0.25) is 4.79 Å². The van der Waals surface area contributed by atoms with E-state index in [0.717, 1.165) is 19.4 Å². The molecule has 2 aromatic rings. The van der Waals surface area contributed by atoms with Crippen LogP contribution in [0.1, 0.15) is 30.1 Å². The number of amides is 1. The quantitative estimate of drug-likeness (QED) is 0.736. The molecule has 1 heterocycles. The Morgan fingerprint density at radius 2 is 2.04 bits per heavy atom. The SMILES string of the molecule is C[C@@H](OC(=O)c1ccc(OC[C@@H]2CCCO2)cc1)C(=O)Nc1cccc(F)c1. The fourth-order valence-corrected chi connectivity index (χ4v) is 2.74. The van der Waals surface area contributed by atoms with Gasteiger partial charge in [0.25, 0.3) is 5.91 Å². The molecule has 0 saturated carbocycles. The van der Waals surface area contributed by atoms with E-state index in [2.05, 4.69) is 5.32 Å². The number of ether oxygens (including phenoxy) is 3. The maximum atomic E-state index is 13.2. The molecule has 1 aliphatic heterocycles. The summed E-state index contributed by atoms with van der Waals surface area (Å²) in [4.78, 5) is 24.3. The van der Waals surface area contributed by atoms with Crippen molar-refractivity contribution in [1.29, 1.82) is 0 Å². The van der Waals surface area contributed by atoms with E-state index >= 15 is 0 Å². The summed E-state index contributed by atoms with van der Waals surface area (Å²) in [6.45, 7) is 2.69. The molecule has 7 heteroatoms. The molecule has 28 heavy (non-hydrogen) atoms. The van der Waals surface area contributed by atoms with Crippen molar-refractivity contribution in [3.05, 3.63) is 59.9 Å². The van der Waals surface area contributed by atoms with Gasteiger partial charge in [0.15, 0.2) is 6.10 Å². The first kappa shape index (κ1) is 19.8. The van der Waals surface area contributed by atoms with Crippen LogP contribution in [0.2, 0.25) is 0 Å². The molecule has 1 N–H and O–H groups in total. The van der Waals surface area contributed by atoms with Crippen molar-refractivity contribution >= 4 is 17.6 Å². The maximum Gasteiger partial charge on any atom is 0.338 e. The molecular formula is C21H22FNO5. The van der Waals surface area contributed by atoms with E-state index in [0.29, 0.717) is 23.6 Å². The third-order valence-electron chi connectivity index (χ3n) is 4.30. The second-order valence-electron chi connectivity index (χ2n) is 6.52. The molecular weight excluding hydrogens is 365 g/mol. The van der Waals surface area contributed by atoms with Crippen LogP contribution in [0.15, 0.2) is 48.5 Å². The number of halogens is 1. The second kappa shape index (κ2) is 9.32. The standard InChI is InChI=1S/C21H22FNO5/c1-14(20(24)23-17-5-2-4-16(22)12-17)28-21(25)15-7-9-18(10-8-15)27-13-19-6-3-11-26-19/h2,4-5,7-10,12,14,19H,3,6,11,13H2,1H3,(H,23,24)/t14-,19+/m1/s1. The highest BCUT2D eigenvalue weighted by molar-refractivity contribution is 5.97. The molecule has 0 bridgehead atoms. The highest BCUT2D eigenvalue weighted by Crippen LogP contribution is 2.17. The van der Waals surface area contributed by atoms with E-state index in [4.69, 9.17) is 14.2 Å². The molecule has 0 spiro atoms. The molecule has 1 fully saturated rings. The lowest BCUT2D eigenvalue weighted by molar-refractivity contribution is -0.123. The number of carbonyl (C=O) groups excluding carboxylic acids is 2. The first-order valence-electron chi connectivity index (χ1n) is 9.13. The minimum absolute atomic E-state index is 0.113. The van der Waals surface area contributed by atoms with Crippen molar-refractivity contribution in [1.82, 2.24) is 0 Å². The largest absolute Gasteiger partial charge is 0.491 e. The van der Waals surface area contributed by atoms with Gasteiger partial charge in [-0.2, -0.15) is 0 Å². The van der Waals surface area contributed by atoms with Gasteiger partial charge < -0.3 is 19.5 Å². The Balaban J connectivity index is 1.49. The summed E-state index contributed by atoms with van der Waals surface area (Å²) in [6, 6.07) is 12.0. The van der Waals surface area contributed by atoms with Gasteiger partial charge in [0.1, 0.15) is 18.2 Å². The van der Waals surface area contributed by atoms with Crippen molar-refractivity contribution in [3.63, 3.8) is 0 Å². The summed E-state index contributed by atoms with van der Waals surface area (Å²) < 4.78 is 29.5. The van der Waals surface area contributed by atoms with Crippen LogP contribution in [-0.4, -0.2) is 37.3 Å². The molecule has 0 unspecified atom stereocenters. The molecule has 2 aromatic carbocycles. The fraction of sp³-hybridized carbons (Fsp3) is 0.333. The van der Waals surface area contributed by atoms with Crippen LogP contribution in [0.25, 0.3) is 0 Å². The van der Waals surface area contributed by atoms with E-state index in [1.54, 1.807) is 30.3 Å². The highest BCUT2D eigenvalue weighted by atomic mass is 19.1. The maximum absolute atomic E-state index is 13.2. The Morgan fingerprint density at radius 3 is 2.71 bits per heavy atom. The summed E-state index contributed by atoms with van der Waals surface area (Å²) in [5, 5.41) is 2.50. The lowest BCUT2D eigenvalue weighted by atomic mass is 10.2. The zero-order chi connectivity index (χ0) is 19.9. The first-order chi connectivity index (χ1) is 13.5. The van der Waals surface area contributed by atoms with Crippen molar-refractivity contribution in [3.8, 4) is 5.75 Å². The number of benzene rings is 2. The number of esters is 1. The normalized spacial score (nSPS) is 17.0. The Kier molecular flexibility index (Phi) is 6.60. The predicted molar refractivity (Wildman–Crippen MR) is 101 cm³/mol. The summed E-state index contributed by atoms with van der Waals surface area (Å²) in [5.74, 6) is -1.02. The zero-order valence-electron chi connectivity index (χ0n) is 15.5. The van der Waals surface area contributed by atoms with Gasteiger partial charge in [-0.15, -0.1) is 0 Å². The number of hydrogen-bond donors (Lipinski definition) is 1. The summed E-state index contributed by atoms with van der Waals surface area (Å²) in [7, 11) is 0. The van der Waals surface area contributed by atoms with Crippen LogP contribution >= 0.6 is 0 Å². The van der Waals surface area contributed by atoms with Crippen LogP contribution < -0.4 is 10.1 Å². The molecule has 1 amide bonds. The van der Waals surface area contributed by atoms with E-state index in [1.807, 2.05) is 0 Å². The third-order valence-corrected chi connectivity index (χ3v) is 4.30. The van der Waals surface area contributed by atoms with Crippen molar-refractivity contribution in [2.24, 2.45) is 0 Å². The smallest absolute Gasteiger partial charge is 0.338 e.